The van der Waals surface area contributed by atoms with Crippen molar-refractivity contribution >= 4 is 11.8 Å². The first-order chi connectivity index (χ1) is 6.81. The molecule has 0 aliphatic rings. The fourth-order valence-electron chi connectivity index (χ4n) is 1.12. The molecule has 0 aliphatic carbocycles. The van der Waals surface area contributed by atoms with Gasteiger partial charge < -0.3 is 5.73 Å². The van der Waals surface area contributed by atoms with E-state index in [1.807, 2.05) is 12.1 Å². The van der Waals surface area contributed by atoms with E-state index in [4.69, 9.17) is 11.0 Å². The van der Waals surface area contributed by atoms with Crippen LogP contribution in [0.2, 0.25) is 0 Å². The van der Waals surface area contributed by atoms with Crippen LogP contribution >= 0.6 is 0 Å². The second-order valence-corrected chi connectivity index (χ2v) is 2.70. The van der Waals surface area contributed by atoms with Crippen LogP contribution in [0.3, 0.4) is 0 Å². The van der Waals surface area contributed by atoms with E-state index < -0.39 is 0 Å². The van der Waals surface area contributed by atoms with Crippen LogP contribution in [0, 0.1) is 11.3 Å². The van der Waals surface area contributed by atoms with Gasteiger partial charge in [-0.25, -0.2) is 0 Å². The van der Waals surface area contributed by atoms with Crippen molar-refractivity contribution in [1.29, 1.82) is 5.26 Å². The van der Waals surface area contributed by atoms with Crippen molar-refractivity contribution in [2.45, 2.75) is 0 Å². The minimum absolute atomic E-state index is 0.617. The first-order valence-corrected chi connectivity index (χ1v) is 4.16. The van der Waals surface area contributed by atoms with E-state index in [0.717, 1.165) is 11.1 Å². The Balaban J connectivity index is 3.13. The largest absolute Gasteiger partial charge is 0.404 e. The number of hydrogen-bond acceptors (Lipinski definition) is 3. The highest BCUT2D eigenvalue weighted by molar-refractivity contribution is 6.09. The normalized spacial score (nSPS) is 11.6. The van der Waals surface area contributed by atoms with E-state index in [1.165, 1.54) is 6.20 Å². The molecule has 1 aromatic rings. The maximum absolute atomic E-state index is 8.71. The molecular formula is C11H11N3. The van der Waals surface area contributed by atoms with Crippen molar-refractivity contribution in [3.63, 3.8) is 0 Å². The molecular weight excluding hydrogens is 174 g/mol. The Hall–Kier alpha value is -2.08. The van der Waals surface area contributed by atoms with E-state index in [1.54, 1.807) is 25.4 Å². The van der Waals surface area contributed by atoms with Gasteiger partial charge in [0.05, 0.1) is 11.6 Å². The summed E-state index contributed by atoms with van der Waals surface area (Å²) in [5.41, 5.74) is 7.77. The number of nitriles is 1. The molecule has 0 saturated carbocycles. The van der Waals surface area contributed by atoms with Crippen molar-refractivity contribution in [3.05, 3.63) is 41.6 Å². The molecule has 0 amide bonds. The van der Waals surface area contributed by atoms with Gasteiger partial charge in [-0.3, -0.25) is 4.99 Å². The molecule has 0 aliphatic heterocycles. The monoisotopic (exact) mass is 185 g/mol. The van der Waals surface area contributed by atoms with Crippen molar-refractivity contribution < 1.29 is 0 Å². The number of allylic oxidation sites excluding steroid dienone is 1. The summed E-state index contributed by atoms with van der Waals surface area (Å²) in [6, 6.07) is 9.32. The summed E-state index contributed by atoms with van der Waals surface area (Å²) in [6.07, 6.45) is 3.14. The minimum Gasteiger partial charge on any atom is -0.404 e. The Morgan fingerprint density at radius 3 is 2.93 bits per heavy atom. The van der Waals surface area contributed by atoms with Crippen LogP contribution in [0.1, 0.15) is 11.1 Å². The van der Waals surface area contributed by atoms with Gasteiger partial charge in [0.25, 0.3) is 0 Å². The van der Waals surface area contributed by atoms with E-state index in [2.05, 4.69) is 11.1 Å². The molecule has 0 fully saturated rings. The van der Waals surface area contributed by atoms with Gasteiger partial charge in [0, 0.05) is 25.0 Å². The van der Waals surface area contributed by atoms with Crippen LogP contribution in [0.4, 0.5) is 0 Å². The lowest BCUT2D eigenvalue weighted by Gasteiger charge is -2.00. The molecule has 0 radical (unpaired) electrons. The summed E-state index contributed by atoms with van der Waals surface area (Å²) in [4.78, 5) is 3.88. The molecule has 0 saturated heterocycles. The number of benzene rings is 1. The summed E-state index contributed by atoms with van der Waals surface area (Å²) in [6.45, 7) is 0. The quantitative estimate of drug-likeness (QED) is 0.710. The van der Waals surface area contributed by atoms with Crippen LogP contribution in [-0.2, 0) is 0 Å². The number of nitrogens with zero attached hydrogens (tertiary/aromatic N) is 2. The molecule has 0 unspecified atom stereocenters. The summed E-state index contributed by atoms with van der Waals surface area (Å²) >= 11 is 0. The zero-order valence-electron chi connectivity index (χ0n) is 7.94. The van der Waals surface area contributed by atoms with Crippen molar-refractivity contribution in [1.82, 2.24) is 0 Å². The summed E-state index contributed by atoms with van der Waals surface area (Å²) in [5.74, 6) is 0. The summed E-state index contributed by atoms with van der Waals surface area (Å²) in [7, 11) is 1.68. The van der Waals surface area contributed by atoms with Crippen LogP contribution in [0.15, 0.2) is 35.5 Å². The minimum atomic E-state index is 0.617. The maximum atomic E-state index is 8.71. The second-order valence-electron chi connectivity index (χ2n) is 2.70. The predicted octanol–water partition coefficient (Wildman–Crippen LogP) is 1.56. The topological polar surface area (TPSA) is 62.2 Å². The highest BCUT2D eigenvalue weighted by atomic mass is 14.6. The maximum Gasteiger partial charge on any atom is 0.0991 e. The molecule has 70 valence electrons. The van der Waals surface area contributed by atoms with Gasteiger partial charge in [-0.2, -0.15) is 5.26 Å². The zero-order chi connectivity index (χ0) is 10.4. The fraction of sp³-hybridized carbons (Fsp3) is 0.0909. The molecule has 3 heteroatoms. The van der Waals surface area contributed by atoms with Crippen LogP contribution in [-0.4, -0.2) is 13.3 Å². The van der Waals surface area contributed by atoms with Gasteiger partial charge >= 0.3 is 0 Å². The van der Waals surface area contributed by atoms with Crippen molar-refractivity contribution in [2.75, 3.05) is 7.05 Å². The van der Waals surface area contributed by atoms with Gasteiger partial charge in [-0.15, -0.1) is 0 Å². The number of rotatable bonds is 2. The molecule has 0 bridgehead atoms. The van der Waals surface area contributed by atoms with Gasteiger partial charge in [0.15, 0.2) is 0 Å². The molecule has 1 aromatic carbocycles. The van der Waals surface area contributed by atoms with Gasteiger partial charge in [0.2, 0.25) is 0 Å². The summed E-state index contributed by atoms with van der Waals surface area (Å²) in [5, 5.41) is 8.71. The van der Waals surface area contributed by atoms with Gasteiger partial charge in [0.1, 0.15) is 0 Å². The zero-order valence-corrected chi connectivity index (χ0v) is 7.94. The third-order valence-electron chi connectivity index (χ3n) is 1.77. The van der Waals surface area contributed by atoms with Crippen molar-refractivity contribution in [2.24, 2.45) is 10.7 Å². The fourth-order valence-corrected chi connectivity index (χ4v) is 1.12. The Kier molecular flexibility index (Phi) is 3.45. The van der Waals surface area contributed by atoms with Crippen LogP contribution in [0.5, 0.6) is 0 Å². The lowest BCUT2D eigenvalue weighted by molar-refractivity contribution is 1.45. The van der Waals surface area contributed by atoms with Gasteiger partial charge in [-0.05, 0) is 17.7 Å². The number of aliphatic imine (C=N–C) groups is 1. The standard InChI is InChI=1S/C11H11N3/c1-14-8-11(7-13)10-4-2-3-9(5-10)6-12/h2-5,7-8H,13H2,1H3. The highest BCUT2D eigenvalue weighted by Gasteiger charge is 1.98. The third kappa shape index (κ3) is 2.20. The predicted molar refractivity (Wildman–Crippen MR) is 57.7 cm³/mol. The first kappa shape index (κ1) is 10.0. The molecule has 0 heterocycles. The number of hydrogen-bond donors (Lipinski definition) is 1. The molecule has 2 N–H and O–H groups in total. The highest BCUT2D eigenvalue weighted by Crippen LogP contribution is 2.12. The third-order valence-corrected chi connectivity index (χ3v) is 1.77. The van der Waals surface area contributed by atoms with Gasteiger partial charge in [-0.1, -0.05) is 12.1 Å². The SMILES string of the molecule is CN=CC(=CN)c1cccc(C#N)c1. The first-order valence-electron chi connectivity index (χ1n) is 4.16. The lowest BCUT2D eigenvalue weighted by atomic mass is 10.1. The molecule has 3 nitrogen and oxygen atoms in total. The summed E-state index contributed by atoms with van der Waals surface area (Å²) < 4.78 is 0. The molecule has 0 atom stereocenters. The van der Waals surface area contributed by atoms with Crippen LogP contribution in [0.25, 0.3) is 5.57 Å². The van der Waals surface area contributed by atoms with E-state index in [9.17, 15) is 0 Å². The van der Waals surface area contributed by atoms with E-state index >= 15 is 0 Å². The van der Waals surface area contributed by atoms with Crippen LogP contribution < -0.4 is 5.73 Å². The second kappa shape index (κ2) is 4.83. The molecule has 0 aromatic heterocycles. The lowest BCUT2D eigenvalue weighted by Crippen LogP contribution is -1.91. The van der Waals surface area contributed by atoms with Crippen molar-refractivity contribution in [3.8, 4) is 6.07 Å². The number of nitrogens with two attached hydrogens (primary N) is 1. The Bertz CT molecular complexity index is 411. The Labute approximate surface area is 83.2 Å². The molecule has 1 rings (SSSR count). The smallest absolute Gasteiger partial charge is 0.0991 e. The van der Waals surface area contributed by atoms with E-state index in [-0.39, 0.29) is 0 Å². The average molecular weight is 185 g/mol. The molecule has 0 spiro atoms. The van der Waals surface area contributed by atoms with E-state index in [0.29, 0.717) is 5.56 Å². The molecule has 14 heavy (non-hydrogen) atoms. The Morgan fingerprint density at radius 1 is 1.57 bits per heavy atom. The Morgan fingerprint density at radius 2 is 2.36 bits per heavy atom. The average Bonchev–Trinajstić information content (AvgIpc) is 2.26.